The van der Waals surface area contributed by atoms with E-state index in [4.69, 9.17) is 4.74 Å². The SMILES string of the molecule is CC1=C[C@]2(C)[C@@H]3CC=C[C@@H]3[C@H]1C(=O)[C@@]21CO1. The van der Waals surface area contributed by atoms with Crippen LogP contribution < -0.4 is 0 Å². The van der Waals surface area contributed by atoms with Crippen molar-refractivity contribution in [1.82, 2.24) is 0 Å². The normalized spacial score (nSPS) is 56.8. The maximum absolute atomic E-state index is 12.5. The number of Topliss-reactive ketones (excluding diaryl/α,β-unsaturated/α-hetero) is 1. The Hall–Kier alpha value is -0.890. The zero-order valence-corrected chi connectivity index (χ0v) is 9.69. The molecule has 1 saturated heterocycles. The highest BCUT2D eigenvalue weighted by Crippen LogP contribution is 2.66. The molecule has 0 aromatic heterocycles. The van der Waals surface area contributed by atoms with Gasteiger partial charge in [0.2, 0.25) is 0 Å². The quantitative estimate of drug-likeness (QED) is 0.458. The van der Waals surface area contributed by atoms with Gasteiger partial charge in [-0.1, -0.05) is 30.7 Å². The smallest absolute Gasteiger partial charge is 0.175 e. The number of ketones is 1. The van der Waals surface area contributed by atoms with Crippen molar-refractivity contribution in [3.8, 4) is 0 Å². The van der Waals surface area contributed by atoms with Gasteiger partial charge in [-0.2, -0.15) is 0 Å². The van der Waals surface area contributed by atoms with Gasteiger partial charge in [-0.3, -0.25) is 4.79 Å². The highest BCUT2D eigenvalue weighted by atomic mass is 16.6. The molecule has 16 heavy (non-hydrogen) atoms. The minimum absolute atomic E-state index is 0.0584. The molecule has 0 aromatic carbocycles. The van der Waals surface area contributed by atoms with Crippen LogP contribution in [0.15, 0.2) is 23.8 Å². The maximum atomic E-state index is 12.5. The molecule has 2 heteroatoms. The Morgan fingerprint density at radius 2 is 2.25 bits per heavy atom. The molecule has 0 amide bonds. The van der Waals surface area contributed by atoms with Crippen LogP contribution >= 0.6 is 0 Å². The van der Waals surface area contributed by atoms with E-state index < -0.39 is 5.60 Å². The van der Waals surface area contributed by atoms with E-state index in [-0.39, 0.29) is 11.3 Å². The summed E-state index contributed by atoms with van der Waals surface area (Å²) < 4.78 is 5.62. The summed E-state index contributed by atoms with van der Waals surface area (Å²) in [7, 11) is 0. The molecule has 2 nitrogen and oxygen atoms in total. The lowest BCUT2D eigenvalue weighted by Crippen LogP contribution is -2.60. The Labute approximate surface area is 95.4 Å². The van der Waals surface area contributed by atoms with E-state index in [1.807, 2.05) is 0 Å². The van der Waals surface area contributed by atoms with Gasteiger partial charge in [-0.25, -0.2) is 0 Å². The van der Waals surface area contributed by atoms with Crippen LogP contribution in [0.5, 0.6) is 0 Å². The molecule has 1 saturated carbocycles. The molecule has 0 N–H and O–H groups in total. The molecule has 1 aliphatic heterocycles. The Kier molecular flexibility index (Phi) is 1.35. The summed E-state index contributed by atoms with van der Waals surface area (Å²) in [5, 5.41) is 0. The molecule has 5 rings (SSSR count). The van der Waals surface area contributed by atoms with Gasteiger partial charge in [-0.05, 0) is 25.2 Å². The van der Waals surface area contributed by atoms with E-state index in [2.05, 4.69) is 32.1 Å². The van der Waals surface area contributed by atoms with Crippen molar-refractivity contribution in [3.63, 3.8) is 0 Å². The summed E-state index contributed by atoms with van der Waals surface area (Å²) in [6.07, 6.45) is 7.96. The summed E-state index contributed by atoms with van der Waals surface area (Å²) >= 11 is 0. The predicted molar refractivity (Wildman–Crippen MR) is 59.8 cm³/mol. The van der Waals surface area contributed by atoms with E-state index in [1.54, 1.807) is 0 Å². The maximum Gasteiger partial charge on any atom is 0.175 e. The number of rotatable bonds is 0. The van der Waals surface area contributed by atoms with Crippen molar-refractivity contribution in [2.45, 2.75) is 25.9 Å². The summed E-state index contributed by atoms with van der Waals surface area (Å²) in [6, 6.07) is 0. The van der Waals surface area contributed by atoms with Gasteiger partial charge >= 0.3 is 0 Å². The third-order valence-corrected chi connectivity index (χ3v) is 5.37. The van der Waals surface area contributed by atoms with E-state index in [0.717, 1.165) is 6.42 Å². The average Bonchev–Trinajstić information content (AvgIpc) is 2.88. The molecule has 1 spiro atoms. The van der Waals surface area contributed by atoms with E-state index in [0.29, 0.717) is 24.2 Å². The predicted octanol–water partition coefficient (Wildman–Crippen LogP) is 2.11. The van der Waals surface area contributed by atoms with Crippen LogP contribution in [0.1, 0.15) is 20.3 Å². The molecular formula is C14H16O2. The van der Waals surface area contributed by atoms with Crippen molar-refractivity contribution in [2.24, 2.45) is 23.2 Å². The van der Waals surface area contributed by atoms with E-state index in [1.165, 1.54) is 5.57 Å². The van der Waals surface area contributed by atoms with Gasteiger partial charge in [0.1, 0.15) is 0 Å². The number of allylic oxidation sites excluding steroid dienone is 3. The molecule has 2 fully saturated rings. The largest absolute Gasteiger partial charge is 0.360 e. The minimum atomic E-state index is -0.440. The highest BCUT2D eigenvalue weighted by Gasteiger charge is 2.74. The fraction of sp³-hybridized carbons (Fsp3) is 0.643. The van der Waals surface area contributed by atoms with Gasteiger partial charge in [-0.15, -0.1) is 0 Å². The average molecular weight is 216 g/mol. The highest BCUT2D eigenvalue weighted by molar-refractivity contribution is 5.98. The molecule has 0 aromatic rings. The van der Waals surface area contributed by atoms with Crippen LogP contribution in [0.4, 0.5) is 0 Å². The van der Waals surface area contributed by atoms with Crippen LogP contribution in [-0.4, -0.2) is 18.0 Å². The molecule has 0 unspecified atom stereocenters. The first kappa shape index (κ1) is 9.17. The number of carbonyl (C=O) groups is 1. The molecular weight excluding hydrogens is 200 g/mol. The second kappa shape index (κ2) is 2.35. The molecule has 84 valence electrons. The van der Waals surface area contributed by atoms with E-state index >= 15 is 0 Å². The zero-order chi connectivity index (χ0) is 11.1. The number of epoxide rings is 1. The second-order valence-electron chi connectivity index (χ2n) is 5.98. The molecule has 5 atom stereocenters. The number of hydrogen-bond donors (Lipinski definition) is 0. The third-order valence-electron chi connectivity index (χ3n) is 5.37. The number of carbonyl (C=O) groups excluding carboxylic acids is 1. The lowest BCUT2D eigenvalue weighted by molar-refractivity contribution is -0.142. The van der Waals surface area contributed by atoms with Gasteiger partial charge in [0.15, 0.2) is 11.4 Å². The Bertz CT molecular complexity index is 455. The first-order valence-corrected chi connectivity index (χ1v) is 6.14. The van der Waals surface area contributed by atoms with Gasteiger partial charge < -0.3 is 4.74 Å². The molecule has 2 bridgehead atoms. The van der Waals surface area contributed by atoms with Crippen molar-refractivity contribution < 1.29 is 9.53 Å². The lowest BCUT2D eigenvalue weighted by Gasteiger charge is -2.53. The number of ether oxygens (including phenoxy) is 1. The second-order valence-corrected chi connectivity index (χ2v) is 5.98. The fourth-order valence-electron chi connectivity index (χ4n) is 4.47. The van der Waals surface area contributed by atoms with Gasteiger partial charge in [0.05, 0.1) is 6.61 Å². The van der Waals surface area contributed by atoms with Crippen LogP contribution in [0.3, 0.4) is 0 Å². The van der Waals surface area contributed by atoms with Gasteiger partial charge in [0.25, 0.3) is 0 Å². The summed E-state index contributed by atoms with van der Waals surface area (Å²) in [5.41, 5.74) is 0.767. The topological polar surface area (TPSA) is 29.6 Å². The van der Waals surface area contributed by atoms with Gasteiger partial charge in [0, 0.05) is 11.3 Å². The first-order valence-electron chi connectivity index (χ1n) is 6.14. The monoisotopic (exact) mass is 216 g/mol. The third kappa shape index (κ3) is 0.708. The van der Waals surface area contributed by atoms with Crippen molar-refractivity contribution >= 4 is 5.78 Å². The lowest BCUT2D eigenvalue weighted by atomic mass is 9.48. The summed E-state index contributed by atoms with van der Waals surface area (Å²) in [6.45, 7) is 4.98. The van der Waals surface area contributed by atoms with Crippen LogP contribution in [0.2, 0.25) is 0 Å². The number of hydrogen-bond acceptors (Lipinski definition) is 2. The molecule has 4 aliphatic carbocycles. The molecule has 0 radical (unpaired) electrons. The van der Waals surface area contributed by atoms with Crippen LogP contribution in [-0.2, 0) is 9.53 Å². The minimum Gasteiger partial charge on any atom is -0.360 e. The van der Waals surface area contributed by atoms with Crippen molar-refractivity contribution in [3.05, 3.63) is 23.8 Å². The van der Waals surface area contributed by atoms with Crippen molar-refractivity contribution in [1.29, 1.82) is 0 Å². The van der Waals surface area contributed by atoms with Crippen molar-refractivity contribution in [2.75, 3.05) is 6.61 Å². The Morgan fingerprint density at radius 1 is 1.50 bits per heavy atom. The standard InChI is InChI=1S/C14H16O2/c1-8-6-13(2)10-5-3-4-9(10)11(8)12(15)14(13)7-16-14/h3-4,6,9-11H,5,7H2,1-2H3/t9-,10+,11-,13+,14-/m0/s1. The van der Waals surface area contributed by atoms with E-state index in [9.17, 15) is 4.79 Å². The zero-order valence-electron chi connectivity index (χ0n) is 9.69. The van der Waals surface area contributed by atoms with Crippen LogP contribution in [0, 0.1) is 23.2 Å². The molecule has 1 heterocycles. The Morgan fingerprint density at radius 3 is 2.94 bits per heavy atom. The summed E-state index contributed by atoms with van der Waals surface area (Å²) in [4.78, 5) is 12.5. The Balaban J connectivity index is 1.97. The molecule has 5 aliphatic rings. The van der Waals surface area contributed by atoms with Crippen LogP contribution in [0.25, 0.3) is 0 Å². The summed E-state index contributed by atoms with van der Waals surface area (Å²) in [5.74, 6) is 1.48. The first-order chi connectivity index (χ1) is 7.60. The fourth-order valence-corrected chi connectivity index (χ4v) is 4.47.